The van der Waals surface area contributed by atoms with Gasteiger partial charge in [0.2, 0.25) is 0 Å². The van der Waals surface area contributed by atoms with Crippen molar-refractivity contribution >= 4 is 5.69 Å². The third-order valence-corrected chi connectivity index (χ3v) is 5.77. The molecule has 166 valence electrons. The second-order valence-electron chi connectivity index (χ2n) is 8.10. The minimum Gasteiger partial charge on any atom is -0.399 e. The Morgan fingerprint density at radius 3 is 2.64 bits per heavy atom. The zero-order chi connectivity index (χ0) is 22.9. The van der Waals surface area contributed by atoms with Crippen LogP contribution in [0.3, 0.4) is 0 Å². The molecule has 1 aliphatic heterocycles. The molecule has 0 bridgehead atoms. The number of nitrogens with one attached hydrogen (secondary N) is 1. The van der Waals surface area contributed by atoms with Gasteiger partial charge >= 0.3 is 0 Å². The van der Waals surface area contributed by atoms with E-state index < -0.39 is 11.6 Å². The third-order valence-electron chi connectivity index (χ3n) is 5.77. The highest BCUT2D eigenvalue weighted by Gasteiger charge is 2.22. The Hall–Kier alpha value is -3.91. The molecule has 3 heterocycles. The van der Waals surface area contributed by atoms with Crippen molar-refractivity contribution in [3.05, 3.63) is 99.6 Å². The average molecular weight is 445 g/mol. The number of nitrogen functional groups attached to an aromatic ring is 1. The Balaban J connectivity index is 1.32. The van der Waals surface area contributed by atoms with E-state index in [9.17, 15) is 13.6 Å². The molecule has 6 nitrogen and oxygen atoms in total. The molecule has 0 amide bonds. The predicted molar refractivity (Wildman–Crippen MR) is 122 cm³/mol. The number of nitrogens with zero attached hydrogens (tertiary/aromatic N) is 3. The summed E-state index contributed by atoms with van der Waals surface area (Å²) in [6.07, 6.45) is 2.31. The Morgan fingerprint density at radius 1 is 1.06 bits per heavy atom. The maximum atomic E-state index is 14.0. The van der Waals surface area contributed by atoms with E-state index in [2.05, 4.69) is 19.9 Å². The minimum absolute atomic E-state index is 0.128. The first-order valence-electron chi connectivity index (χ1n) is 10.6. The summed E-state index contributed by atoms with van der Waals surface area (Å²) in [4.78, 5) is 26.8. The highest BCUT2D eigenvalue weighted by atomic mass is 19.1. The molecule has 0 saturated carbocycles. The maximum absolute atomic E-state index is 14.0. The van der Waals surface area contributed by atoms with Crippen LogP contribution in [0.5, 0.6) is 0 Å². The fourth-order valence-corrected chi connectivity index (χ4v) is 4.02. The lowest BCUT2D eigenvalue weighted by Gasteiger charge is -2.27. The molecule has 0 spiro atoms. The number of fused-ring (bicyclic) bond motifs is 1. The molecule has 0 saturated heterocycles. The monoisotopic (exact) mass is 445 g/mol. The molecule has 3 N–H and O–H groups in total. The fourth-order valence-electron chi connectivity index (χ4n) is 4.02. The molecule has 0 radical (unpaired) electrons. The number of pyridine rings is 1. The number of aromatic amines is 1. The van der Waals surface area contributed by atoms with Gasteiger partial charge in [0, 0.05) is 49.1 Å². The van der Waals surface area contributed by atoms with Gasteiger partial charge in [0.15, 0.2) is 0 Å². The van der Waals surface area contributed by atoms with Crippen LogP contribution in [-0.2, 0) is 19.5 Å². The van der Waals surface area contributed by atoms with Gasteiger partial charge in [-0.2, -0.15) is 0 Å². The number of nitrogens with two attached hydrogens (primary N) is 1. The lowest BCUT2D eigenvalue weighted by atomic mass is 10.1. The molecule has 8 heteroatoms. The van der Waals surface area contributed by atoms with Gasteiger partial charge in [-0.15, -0.1) is 0 Å². The van der Waals surface area contributed by atoms with Crippen LogP contribution in [0, 0.1) is 11.6 Å². The summed E-state index contributed by atoms with van der Waals surface area (Å²) in [5.74, 6) is -0.492. The number of hydrogen-bond donors (Lipinski definition) is 2. The number of rotatable bonds is 4. The second-order valence-corrected chi connectivity index (χ2v) is 8.10. The third kappa shape index (κ3) is 4.38. The number of hydrogen-bond acceptors (Lipinski definition) is 5. The Labute approximate surface area is 188 Å². The first-order chi connectivity index (χ1) is 16.0. The summed E-state index contributed by atoms with van der Waals surface area (Å²) in [5, 5.41) is 0. The molecule has 5 rings (SSSR count). The zero-order valence-corrected chi connectivity index (χ0v) is 17.7. The summed E-state index contributed by atoms with van der Waals surface area (Å²) < 4.78 is 27.5. The molecule has 2 aromatic carbocycles. The van der Waals surface area contributed by atoms with Crippen molar-refractivity contribution in [2.24, 2.45) is 0 Å². The van der Waals surface area contributed by atoms with E-state index in [0.29, 0.717) is 42.3 Å². The van der Waals surface area contributed by atoms with Crippen molar-refractivity contribution in [2.75, 3.05) is 12.3 Å². The van der Waals surface area contributed by atoms with Gasteiger partial charge in [-0.3, -0.25) is 14.7 Å². The first kappa shape index (κ1) is 21.0. The van der Waals surface area contributed by atoms with Crippen LogP contribution in [-0.4, -0.2) is 26.4 Å². The molecule has 0 aliphatic carbocycles. The Bertz CT molecular complexity index is 1370. The van der Waals surface area contributed by atoms with Crippen molar-refractivity contribution in [2.45, 2.75) is 19.5 Å². The number of H-pyrrole nitrogens is 1. The quantitative estimate of drug-likeness (QED) is 0.465. The van der Waals surface area contributed by atoms with Crippen LogP contribution < -0.4 is 11.3 Å². The van der Waals surface area contributed by atoms with Crippen LogP contribution in [0.2, 0.25) is 0 Å². The van der Waals surface area contributed by atoms with E-state index in [1.807, 2.05) is 18.2 Å². The van der Waals surface area contributed by atoms with Crippen LogP contribution in [0.25, 0.3) is 22.6 Å². The standard InChI is InChI=1S/C25H21F2N5O/c26-17-4-7-21(27)19(11-17)22-8-1-15(12-29-22)13-32-10-9-23-20(14-32)25(33)31-24(30-23)16-2-5-18(28)6-3-16/h1-8,11-12H,9-10,13-14,28H2,(H,30,31,33). The average Bonchev–Trinajstić information content (AvgIpc) is 2.82. The van der Waals surface area contributed by atoms with Gasteiger partial charge < -0.3 is 10.7 Å². The molecular weight excluding hydrogens is 424 g/mol. The van der Waals surface area contributed by atoms with Crippen molar-refractivity contribution in [1.82, 2.24) is 19.9 Å². The molecule has 1 aliphatic rings. The van der Waals surface area contributed by atoms with E-state index in [4.69, 9.17) is 5.73 Å². The second kappa shape index (κ2) is 8.55. The summed E-state index contributed by atoms with van der Waals surface area (Å²) in [5.41, 5.74) is 9.94. The molecule has 4 aromatic rings. The molecular formula is C25H21F2N5O. The van der Waals surface area contributed by atoms with E-state index in [1.165, 1.54) is 0 Å². The van der Waals surface area contributed by atoms with E-state index in [-0.39, 0.29) is 11.1 Å². The van der Waals surface area contributed by atoms with E-state index in [0.717, 1.165) is 41.6 Å². The van der Waals surface area contributed by atoms with Gasteiger partial charge in [0.25, 0.3) is 5.56 Å². The van der Waals surface area contributed by atoms with Gasteiger partial charge in [0.05, 0.1) is 17.0 Å². The topological polar surface area (TPSA) is 87.9 Å². The number of benzene rings is 2. The molecule has 0 fully saturated rings. The van der Waals surface area contributed by atoms with Crippen molar-refractivity contribution in [1.29, 1.82) is 0 Å². The van der Waals surface area contributed by atoms with Gasteiger partial charge in [-0.05, 0) is 54.1 Å². The van der Waals surface area contributed by atoms with Crippen molar-refractivity contribution in [3.63, 3.8) is 0 Å². The van der Waals surface area contributed by atoms with Crippen LogP contribution in [0.15, 0.2) is 65.6 Å². The van der Waals surface area contributed by atoms with Crippen LogP contribution >= 0.6 is 0 Å². The molecule has 33 heavy (non-hydrogen) atoms. The van der Waals surface area contributed by atoms with Gasteiger partial charge in [-0.25, -0.2) is 13.8 Å². The van der Waals surface area contributed by atoms with Gasteiger partial charge in [-0.1, -0.05) is 6.07 Å². The predicted octanol–water partition coefficient (Wildman–Crippen LogP) is 3.92. The smallest absolute Gasteiger partial charge is 0.255 e. The Kier molecular flexibility index (Phi) is 5.43. The highest BCUT2D eigenvalue weighted by Crippen LogP contribution is 2.24. The largest absolute Gasteiger partial charge is 0.399 e. The molecule has 2 aromatic heterocycles. The van der Waals surface area contributed by atoms with E-state index >= 15 is 0 Å². The first-order valence-corrected chi connectivity index (χ1v) is 10.6. The van der Waals surface area contributed by atoms with Crippen LogP contribution in [0.1, 0.15) is 16.8 Å². The maximum Gasteiger partial charge on any atom is 0.255 e. The lowest BCUT2D eigenvalue weighted by molar-refractivity contribution is 0.241. The number of aromatic nitrogens is 3. The van der Waals surface area contributed by atoms with Crippen LogP contribution in [0.4, 0.5) is 14.5 Å². The highest BCUT2D eigenvalue weighted by molar-refractivity contribution is 5.60. The Morgan fingerprint density at radius 2 is 1.88 bits per heavy atom. The fraction of sp³-hybridized carbons (Fsp3) is 0.160. The van der Waals surface area contributed by atoms with E-state index in [1.54, 1.807) is 24.4 Å². The van der Waals surface area contributed by atoms with Crippen molar-refractivity contribution in [3.8, 4) is 22.6 Å². The van der Waals surface area contributed by atoms with Gasteiger partial charge in [0.1, 0.15) is 17.5 Å². The lowest BCUT2D eigenvalue weighted by Crippen LogP contribution is -2.35. The minimum atomic E-state index is -0.519. The summed E-state index contributed by atoms with van der Waals surface area (Å²) in [7, 11) is 0. The van der Waals surface area contributed by atoms with Crippen molar-refractivity contribution < 1.29 is 8.78 Å². The number of halogens is 2. The SMILES string of the molecule is Nc1ccc(-c2nc3c(c(=O)[nH]2)CN(Cc2ccc(-c4cc(F)ccc4F)nc2)CC3)cc1. The summed E-state index contributed by atoms with van der Waals surface area (Å²) in [6, 6.07) is 14.1. The summed E-state index contributed by atoms with van der Waals surface area (Å²) >= 11 is 0. The normalized spacial score (nSPS) is 13.6. The molecule has 0 unspecified atom stereocenters. The zero-order valence-electron chi connectivity index (χ0n) is 17.7. The molecule has 0 atom stereocenters. The number of anilines is 1. The summed E-state index contributed by atoms with van der Waals surface area (Å²) in [6.45, 7) is 1.79.